The summed E-state index contributed by atoms with van der Waals surface area (Å²) < 4.78 is 31.0. The topological polar surface area (TPSA) is 58.6 Å². The van der Waals surface area contributed by atoms with Crippen LogP contribution in [-0.2, 0) is 14.8 Å². The van der Waals surface area contributed by atoms with Gasteiger partial charge in [0, 0.05) is 19.6 Å². The molecule has 5 nitrogen and oxygen atoms in total. The molecule has 0 saturated carbocycles. The van der Waals surface area contributed by atoms with E-state index < -0.39 is 10.0 Å². The zero-order valence-corrected chi connectivity index (χ0v) is 11.1. The minimum Gasteiger partial charge on any atom is -0.373 e. The highest BCUT2D eigenvalue weighted by molar-refractivity contribution is 7.89. The third kappa shape index (κ3) is 4.01. The number of hydrogen-bond acceptors (Lipinski definition) is 4. The van der Waals surface area contributed by atoms with Gasteiger partial charge in [0.25, 0.3) is 0 Å². The van der Waals surface area contributed by atoms with E-state index in [-0.39, 0.29) is 18.0 Å². The van der Waals surface area contributed by atoms with Gasteiger partial charge in [-0.3, -0.25) is 0 Å². The van der Waals surface area contributed by atoms with Crippen molar-refractivity contribution in [3.63, 3.8) is 0 Å². The number of hydrogen-bond donors (Lipinski definition) is 1. The second-order valence-corrected chi connectivity index (χ2v) is 6.33. The third-order valence-corrected chi connectivity index (χ3v) is 4.37. The molecule has 0 aromatic rings. The SMILES string of the molecule is CCNCCS(=O)(=O)N1C[C@@H](C)O[C@@H](C)C1. The van der Waals surface area contributed by atoms with Gasteiger partial charge in [-0.05, 0) is 20.4 Å². The molecule has 1 rings (SSSR count). The number of sulfonamides is 1. The molecule has 6 heteroatoms. The summed E-state index contributed by atoms with van der Waals surface area (Å²) >= 11 is 0. The molecule has 1 fully saturated rings. The Morgan fingerprint density at radius 1 is 1.31 bits per heavy atom. The third-order valence-electron chi connectivity index (χ3n) is 2.57. The first-order valence-corrected chi connectivity index (χ1v) is 7.40. The number of nitrogens with zero attached hydrogens (tertiary/aromatic N) is 1. The van der Waals surface area contributed by atoms with Crippen LogP contribution in [0.1, 0.15) is 20.8 Å². The molecule has 2 atom stereocenters. The molecule has 0 spiro atoms. The summed E-state index contributed by atoms with van der Waals surface area (Å²) in [6, 6.07) is 0. The van der Waals surface area contributed by atoms with Crippen LogP contribution in [0, 0.1) is 0 Å². The Hall–Kier alpha value is -0.170. The van der Waals surface area contributed by atoms with Crippen LogP contribution in [0.15, 0.2) is 0 Å². The van der Waals surface area contributed by atoms with Crippen molar-refractivity contribution in [2.24, 2.45) is 0 Å². The van der Waals surface area contributed by atoms with Gasteiger partial charge in [0.2, 0.25) is 10.0 Å². The van der Waals surface area contributed by atoms with E-state index in [4.69, 9.17) is 4.74 Å². The molecule has 1 N–H and O–H groups in total. The Bertz CT molecular complexity index is 295. The molecular weight excluding hydrogens is 228 g/mol. The number of rotatable bonds is 5. The molecule has 1 aliphatic heterocycles. The Balaban J connectivity index is 2.53. The molecule has 96 valence electrons. The molecule has 1 aliphatic rings. The minimum atomic E-state index is -3.13. The fraction of sp³-hybridized carbons (Fsp3) is 1.00. The minimum absolute atomic E-state index is 0.0161. The van der Waals surface area contributed by atoms with Gasteiger partial charge in [0.1, 0.15) is 0 Å². The molecule has 0 radical (unpaired) electrons. The normalized spacial score (nSPS) is 28.2. The fourth-order valence-electron chi connectivity index (χ4n) is 1.86. The average Bonchev–Trinajstić information content (AvgIpc) is 2.16. The van der Waals surface area contributed by atoms with Crippen molar-refractivity contribution in [1.29, 1.82) is 0 Å². The average molecular weight is 250 g/mol. The van der Waals surface area contributed by atoms with Crippen molar-refractivity contribution in [2.45, 2.75) is 33.0 Å². The zero-order valence-electron chi connectivity index (χ0n) is 10.3. The van der Waals surface area contributed by atoms with Crippen molar-refractivity contribution < 1.29 is 13.2 Å². The lowest BCUT2D eigenvalue weighted by atomic mass is 10.3. The summed E-state index contributed by atoms with van der Waals surface area (Å²) in [4.78, 5) is 0. The van der Waals surface area contributed by atoms with Crippen LogP contribution in [0.25, 0.3) is 0 Å². The lowest BCUT2D eigenvalue weighted by molar-refractivity contribution is -0.0440. The second kappa shape index (κ2) is 5.95. The standard InChI is InChI=1S/C10H22N2O3S/c1-4-11-5-6-16(13,14)12-7-9(2)15-10(3)8-12/h9-11H,4-8H2,1-3H3/t9-,10+. The van der Waals surface area contributed by atoms with Crippen LogP contribution >= 0.6 is 0 Å². The molecule has 0 aromatic carbocycles. The zero-order chi connectivity index (χ0) is 12.2. The summed E-state index contributed by atoms with van der Waals surface area (Å²) in [7, 11) is -3.13. The van der Waals surface area contributed by atoms with Crippen molar-refractivity contribution in [3.8, 4) is 0 Å². The fourth-order valence-corrected chi connectivity index (χ4v) is 3.40. The van der Waals surface area contributed by atoms with Gasteiger partial charge in [-0.2, -0.15) is 4.31 Å². The van der Waals surface area contributed by atoms with E-state index in [1.165, 1.54) is 0 Å². The molecule has 1 heterocycles. The molecule has 0 aliphatic carbocycles. The second-order valence-electron chi connectivity index (χ2n) is 4.24. The largest absolute Gasteiger partial charge is 0.373 e. The predicted molar refractivity (Wildman–Crippen MR) is 63.9 cm³/mol. The highest BCUT2D eigenvalue weighted by atomic mass is 32.2. The Labute approximate surface area is 98.2 Å². The quantitative estimate of drug-likeness (QED) is 0.700. The van der Waals surface area contributed by atoms with Gasteiger partial charge in [-0.15, -0.1) is 0 Å². The molecule has 0 aromatic heterocycles. The van der Waals surface area contributed by atoms with Crippen molar-refractivity contribution in [2.75, 3.05) is 31.9 Å². The van der Waals surface area contributed by atoms with E-state index in [2.05, 4.69) is 5.32 Å². The van der Waals surface area contributed by atoms with Crippen LogP contribution in [0.3, 0.4) is 0 Å². The van der Waals surface area contributed by atoms with Crippen LogP contribution in [0.2, 0.25) is 0 Å². The maximum Gasteiger partial charge on any atom is 0.215 e. The Morgan fingerprint density at radius 3 is 2.38 bits per heavy atom. The van der Waals surface area contributed by atoms with E-state index in [9.17, 15) is 8.42 Å². The summed E-state index contributed by atoms with van der Waals surface area (Å²) in [6.45, 7) is 8.03. The van der Waals surface area contributed by atoms with Gasteiger partial charge in [0.05, 0.1) is 18.0 Å². The van der Waals surface area contributed by atoms with E-state index in [1.54, 1.807) is 4.31 Å². The number of ether oxygens (including phenoxy) is 1. The van der Waals surface area contributed by atoms with Crippen molar-refractivity contribution in [3.05, 3.63) is 0 Å². The lowest BCUT2D eigenvalue weighted by Gasteiger charge is -2.34. The van der Waals surface area contributed by atoms with E-state index in [0.29, 0.717) is 19.6 Å². The van der Waals surface area contributed by atoms with Crippen molar-refractivity contribution >= 4 is 10.0 Å². The van der Waals surface area contributed by atoms with Gasteiger partial charge >= 0.3 is 0 Å². The van der Waals surface area contributed by atoms with Crippen LogP contribution in [0.5, 0.6) is 0 Å². The first-order chi connectivity index (χ1) is 7.45. The van der Waals surface area contributed by atoms with Crippen LogP contribution in [-0.4, -0.2) is 56.9 Å². The Morgan fingerprint density at radius 2 is 1.88 bits per heavy atom. The van der Waals surface area contributed by atoms with Gasteiger partial charge in [-0.25, -0.2) is 8.42 Å². The lowest BCUT2D eigenvalue weighted by Crippen LogP contribution is -2.49. The molecule has 16 heavy (non-hydrogen) atoms. The molecule has 0 unspecified atom stereocenters. The first-order valence-electron chi connectivity index (χ1n) is 5.79. The van der Waals surface area contributed by atoms with E-state index in [0.717, 1.165) is 6.54 Å². The molecule has 0 amide bonds. The number of morpholine rings is 1. The molecule has 1 saturated heterocycles. The summed E-state index contributed by atoms with van der Waals surface area (Å²) in [5.74, 6) is 0.167. The highest BCUT2D eigenvalue weighted by Crippen LogP contribution is 2.14. The van der Waals surface area contributed by atoms with Crippen LogP contribution in [0.4, 0.5) is 0 Å². The monoisotopic (exact) mass is 250 g/mol. The molecular formula is C10H22N2O3S. The first kappa shape index (κ1) is 13.9. The smallest absolute Gasteiger partial charge is 0.215 e. The van der Waals surface area contributed by atoms with Gasteiger partial charge in [-0.1, -0.05) is 6.92 Å². The Kier molecular flexibility index (Phi) is 5.17. The van der Waals surface area contributed by atoms with Crippen molar-refractivity contribution in [1.82, 2.24) is 9.62 Å². The molecule has 0 bridgehead atoms. The highest BCUT2D eigenvalue weighted by Gasteiger charge is 2.30. The van der Waals surface area contributed by atoms with Crippen LogP contribution < -0.4 is 5.32 Å². The maximum absolute atomic E-state index is 12.0. The predicted octanol–water partition coefficient (Wildman–Crippen LogP) is 0.0349. The van der Waals surface area contributed by atoms with E-state index in [1.807, 2.05) is 20.8 Å². The van der Waals surface area contributed by atoms with E-state index >= 15 is 0 Å². The maximum atomic E-state index is 12.0. The summed E-state index contributed by atoms with van der Waals surface area (Å²) in [5.41, 5.74) is 0. The number of nitrogens with one attached hydrogen (secondary N) is 1. The summed E-state index contributed by atoms with van der Waals surface area (Å²) in [6.07, 6.45) is -0.0321. The van der Waals surface area contributed by atoms with Gasteiger partial charge < -0.3 is 10.1 Å². The van der Waals surface area contributed by atoms with Gasteiger partial charge in [0.15, 0.2) is 0 Å². The summed E-state index contributed by atoms with van der Waals surface area (Å²) in [5, 5.41) is 3.03.